The fourth-order valence-electron chi connectivity index (χ4n) is 0.844. The van der Waals surface area contributed by atoms with Crippen LogP contribution in [0, 0.1) is 0 Å². The average molecular weight is 168 g/mol. The monoisotopic (exact) mass is 168 g/mol. The molecule has 4 nitrogen and oxygen atoms in total. The van der Waals surface area contributed by atoms with Crippen LogP contribution >= 0.6 is 0 Å². The van der Waals surface area contributed by atoms with Crippen LogP contribution in [-0.4, -0.2) is 5.91 Å². The molecule has 0 aromatic carbocycles. The van der Waals surface area contributed by atoms with Crippen LogP contribution in [0.2, 0.25) is 0 Å². The van der Waals surface area contributed by atoms with Crippen LogP contribution in [0.3, 0.4) is 0 Å². The van der Waals surface area contributed by atoms with Gasteiger partial charge in [0.05, 0.1) is 6.26 Å². The van der Waals surface area contributed by atoms with Crippen molar-refractivity contribution in [3.63, 3.8) is 0 Å². The Bertz CT molecular complexity index is 278. The van der Waals surface area contributed by atoms with E-state index in [9.17, 15) is 4.79 Å². The largest absolute Gasteiger partial charge is 0.459 e. The van der Waals surface area contributed by atoms with E-state index in [0.29, 0.717) is 5.92 Å². The first-order chi connectivity index (χ1) is 5.65. The zero-order valence-electron chi connectivity index (χ0n) is 7.13. The molecule has 1 amide bonds. The van der Waals surface area contributed by atoms with E-state index in [1.54, 1.807) is 12.3 Å². The number of nitrogen functional groups attached to an aromatic ring is 1. The lowest BCUT2D eigenvalue weighted by Gasteiger charge is -1.95. The molecule has 0 radical (unpaired) electrons. The van der Waals surface area contributed by atoms with E-state index < -0.39 is 5.91 Å². The van der Waals surface area contributed by atoms with Gasteiger partial charge in [0.15, 0.2) is 5.76 Å². The third kappa shape index (κ3) is 1.65. The van der Waals surface area contributed by atoms with Crippen molar-refractivity contribution in [2.24, 2.45) is 5.84 Å². The van der Waals surface area contributed by atoms with Gasteiger partial charge < -0.3 is 4.42 Å². The zero-order chi connectivity index (χ0) is 9.14. The van der Waals surface area contributed by atoms with Gasteiger partial charge in [-0.1, -0.05) is 13.8 Å². The second-order valence-electron chi connectivity index (χ2n) is 2.87. The smallest absolute Gasteiger partial charge is 0.300 e. The molecule has 0 saturated carbocycles. The Morgan fingerprint density at radius 3 is 2.75 bits per heavy atom. The maximum atomic E-state index is 10.9. The van der Waals surface area contributed by atoms with Crippen molar-refractivity contribution < 1.29 is 9.21 Å². The minimum atomic E-state index is -0.401. The maximum Gasteiger partial charge on any atom is 0.300 e. The fourth-order valence-corrected chi connectivity index (χ4v) is 0.844. The van der Waals surface area contributed by atoms with Crippen molar-refractivity contribution in [2.45, 2.75) is 19.8 Å². The Kier molecular flexibility index (Phi) is 2.50. The third-order valence-corrected chi connectivity index (χ3v) is 1.64. The van der Waals surface area contributed by atoms with E-state index in [-0.39, 0.29) is 5.76 Å². The molecule has 3 N–H and O–H groups in total. The molecule has 0 spiro atoms. The number of rotatable bonds is 2. The first kappa shape index (κ1) is 8.80. The molecule has 1 heterocycles. The lowest BCUT2D eigenvalue weighted by molar-refractivity contribution is 0.0926. The first-order valence-corrected chi connectivity index (χ1v) is 3.74. The molecule has 0 aliphatic carbocycles. The van der Waals surface area contributed by atoms with Gasteiger partial charge in [0.1, 0.15) is 0 Å². The summed E-state index contributed by atoms with van der Waals surface area (Å²) in [6.45, 7) is 4.05. The molecule has 4 heteroatoms. The van der Waals surface area contributed by atoms with Crippen LogP contribution in [0.1, 0.15) is 35.9 Å². The van der Waals surface area contributed by atoms with Crippen molar-refractivity contribution >= 4 is 5.91 Å². The highest BCUT2D eigenvalue weighted by molar-refractivity contribution is 5.91. The normalized spacial score (nSPS) is 10.3. The molecule has 66 valence electrons. The number of hydrogen-bond acceptors (Lipinski definition) is 3. The molecule has 0 fully saturated rings. The zero-order valence-corrected chi connectivity index (χ0v) is 7.13. The molecule has 0 unspecified atom stereocenters. The molecular formula is C8H12N2O2. The van der Waals surface area contributed by atoms with Crippen molar-refractivity contribution in [1.29, 1.82) is 0 Å². The highest BCUT2D eigenvalue weighted by atomic mass is 16.3. The van der Waals surface area contributed by atoms with Crippen molar-refractivity contribution in [1.82, 2.24) is 5.43 Å². The number of carbonyl (C=O) groups is 1. The Labute approximate surface area is 70.7 Å². The minimum Gasteiger partial charge on any atom is -0.459 e. The summed E-state index contributed by atoms with van der Waals surface area (Å²) in [5, 5.41) is 0. The first-order valence-electron chi connectivity index (χ1n) is 3.74. The summed E-state index contributed by atoms with van der Waals surface area (Å²) >= 11 is 0. The summed E-state index contributed by atoms with van der Waals surface area (Å²) in [7, 11) is 0. The van der Waals surface area contributed by atoms with Gasteiger partial charge in [-0.3, -0.25) is 10.2 Å². The highest BCUT2D eigenvalue weighted by Gasteiger charge is 2.10. The Morgan fingerprint density at radius 2 is 2.33 bits per heavy atom. The van der Waals surface area contributed by atoms with Crippen LogP contribution < -0.4 is 11.3 Å². The molecule has 1 aromatic rings. The van der Waals surface area contributed by atoms with Gasteiger partial charge in [-0.05, 0) is 17.5 Å². The second kappa shape index (κ2) is 3.40. The maximum absolute atomic E-state index is 10.9. The molecule has 0 aliphatic heterocycles. The number of nitrogens with one attached hydrogen (secondary N) is 1. The average Bonchev–Trinajstić information content (AvgIpc) is 2.51. The summed E-state index contributed by atoms with van der Waals surface area (Å²) in [6.07, 6.45) is 1.56. The number of hydrogen-bond donors (Lipinski definition) is 2. The van der Waals surface area contributed by atoms with Gasteiger partial charge in [-0.25, -0.2) is 5.84 Å². The number of hydrazine groups is 1. The molecule has 12 heavy (non-hydrogen) atoms. The minimum absolute atomic E-state index is 0.251. The number of amides is 1. The fraction of sp³-hybridized carbons (Fsp3) is 0.375. The molecule has 0 aliphatic rings. The van der Waals surface area contributed by atoms with E-state index in [1.165, 1.54) is 0 Å². The van der Waals surface area contributed by atoms with Gasteiger partial charge in [-0.15, -0.1) is 0 Å². The van der Waals surface area contributed by atoms with E-state index in [4.69, 9.17) is 10.3 Å². The van der Waals surface area contributed by atoms with Crippen LogP contribution in [0.25, 0.3) is 0 Å². The topological polar surface area (TPSA) is 68.3 Å². The molecule has 1 rings (SSSR count). The predicted octanol–water partition coefficient (Wildman–Crippen LogP) is 1.01. The quantitative estimate of drug-likeness (QED) is 0.393. The number of furan rings is 1. The molecule has 0 saturated heterocycles. The van der Waals surface area contributed by atoms with E-state index in [2.05, 4.69) is 0 Å². The number of nitrogens with two attached hydrogens (primary N) is 1. The molecule has 1 aromatic heterocycles. The molecule has 0 bridgehead atoms. The van der Waals surface area contributed by atoms with Crippen LogP contribution in [0.4, 0.5) is 0 Å². The number of carbonyl (C=O) groups excluding carboxylic acids is 1. The van der Waals surface area contributed by atoms with Crippen LogP contribution in [-0.2, 0) is 0 Å². The SMILES string of the molecule is CC(C)c1coc(C(=O)NN)c1. The van der Waals surface area contributed by atoms with Crippen molar-refractivity contribution in [3.05, 3.63) is 23.7 Å². The van der Waals surface area contributed by atoms with Gasteiger partial charge >= 0.3 is 5.91 Å². The Balaban J connectivity index is 2.84. The Morgan fingerprint density at radius 1 is 1.67 bits per heavy atom. The van der Waals surface area contributed by atoms with Gasteiger partial charge in [-0.2, -0.15) is 0 Å². The van der Waals surface area contributed by atoms with Gasteiger partial charge in [0.2, 0.25) is 0 Å². The van der Waals surface area contributed by atoms with E-state index in [0.717, 1.165) is 5.56 Å². The summed E-state index contributed by atoms with van der Waals surface area (Å²) in [6, 6.07) is 1.69. The standard InChI is InChI=1S/C8H12N2O2/c1-5(2)6-3-7(12-4-6)8(11)10-9/h3-5H,9H2,1-2H3,(H,10,11). The second-order valence-corrected chi connectivity index (χ2v) is 2.87. The van der Waals surface area contributed by atoms with Crippen molar-refractivity contribution in [3.8, 4) is 0 Å². The van der Waals surface area contributed by atoms with Crippen LogP contribution in [0.5, 0.6) is 0 Å². The van der Waals surface area contributed by atoms with Gasteiger partial charge in [0.25, 0.3) is 0 Å². The third-order valence-electron chi connectivity index (χ3n) is 1.64. The summed E-state index contributed by atoms with van der Waals surface area (Å²) in [4.78, 5) is 10.9. The lowest BCUT2D eigenvalue weighted by atomic mass is 10.1. The summed E-state index contributed by atoms with van der Waals surface area (Å²) in [5.74, 6) is 5.13. The molecule has 0 atom stereocenters. The van der Waals surface area contributed by atoms with E-state index in [1.807, 2.05) is 19.3 Å². The Hall–Kier alpha value is -1.29. The summed E-state index contributed by atoms with van der Waals surface area (Å²) in [5.41, 5.74) is 2.99. The summed E-state index contributed by atoms with van der Waals surface area (Å²) < 4.78 is 4.99. The predicted molar refractivity (Wildman–Crippen MR) is 44.5 cm³/mol. The van der Waals surface area contributed by atoms with Gasteiger partial charge in [0, 0.05) is 0 Å². The molecular weight excluding hydrogens is 156 g/mol. The highest BCUT2D eigenvalue weighted by Crippen LogP contribution is 2.16. The van der Waals surface area contributed by atoms with E-state index >= 15 is 0 Å². The van der Waals surface area contributed by atoms with Crippen molar-refractivity contribution in [2.75, 3.05) is 0 Å². The van der Waals surface area contributed by atoms with Crippen LogP contribution in [0.15, 0.2) is 16.7 Å². The lowest BCUT2D eigenvalue weighted by Crippen LogP contribution is -2.29.